The summed E-state index contributed by atoms with van der Waals surface area (Å²) in [6.07, 6.45) is 0.886. The minimum atomic E-state index is -2.01. The molecule has 3 aromatic carbocycles. The molecule has 1 spiro atoms. The van der Waals surface area contributed by atoms with Crippen LogP contribution in [0.3, 0.4) is 0 Å². The zero-order valence-electron chi connectivity index (χ0n) is 25.7. The molecular formula is C35H39Cl3N2O6. The van der Waals surface area contributed by atoms with E-state index in [1.165, 1.54) is 0 Å². The van der Waals surface area contributed by atoms with Gasteiger partial charge in [-0.15, -0.1) is 0 Å². The minimum absolute atomic E-state index is 0.00154. The zero-order valence-corrected chi connectivity index (χ0v) is 27.9. The van der Waals surface area contributed by atoms with E-state index < -0.39 is 21.8 Å². The Morgan fingerprint density at radius 3 is 2.24 bits per heavy atom. The first kappa shape index (κ1) is 33.7. The maximum Gasteiger partial charge on any atom is 0.272 e. The summed E-state index contributed by atoms with van der Waals surface area (Å²) in [7, 11) is 0. The molecule has 8 nitrogen and oxygen atoms in total. The van der Waals surface area contributed by atoms with Gasteiger partial charge in [0.05, 0.1) is 32.0 Å². The van der Waals surface area contributed by atoms with Crippen molar-refractivity contribution in [2.24, 2.45) is 5.92 Å². The number of likely N-dealkylation sites (tertiary alicyclic amines) is 1. The van der Waals surface area contributed by atoms with Crippen LogP contribution < -0.4 is 5.32 Å². The number of halogens is 3. The molecule has 46 heavy (non-hydrogen) atoms. The largest absolute Gasteiger partial charge is 0.392 e. The number of ether oxygens (including phenoxy) is 4. The van der Waals surface area contributed by atoms with Crippen molar-refractivity contribution in [3.63, 3.8) is 0 Å². The third-order valence-corrected chi connectivity index (χ3v) is 9.66. The molecule has 6 rings (SSSR count). The van der Waals surface area contributed by atoms with Gasteiger partial charge in [0.1, 0.15) is 0 Å². The van der Waals surface area contributed by atoms with Crippen molar-refractivity contribution in [3.8, 4) is 11.1 Å². The first-order valence-corrected chi connectivity index (χ1v) is 16.8. The Morgan fingerprint density at radius 2 is 1.59 bits per heavy atom. The van der Waals surface area contributed by atoms with E-state index in [0.717, 1.165) is 65.9 Å². The third kappa shape index (κ3) is 7.89. The van der Waals surface area contributed by atoms with Crippen molar-refractivity contribution in [2.45, 2.75) is 61.0 Å². The monoisotopic (exact) mass is 688 g/mol. The number of nitrogens with zero attached hydrogens (tertiary/aromatic N) is 1. The fourth-order valence-corrected chi connectivity index (χ4v) is 6.62. The number of carbonyl (C=O) groups is 1. The first-order chi connectivity index (χ1) is 22.1. The predicted molar refractivity (Wildman–Crippen MR) is 177 cm³/mol. The highest BCUT2D eigenvalue weighted by atomic mass is 35.6. The molecule has 0 bridgehead atoms. The van der Waals surface area contributed by atoms with Crippen LogP contribution >= 0.6 is 34.8 Å². The molecule has 0 aromatic heterocycles. The number of hydrogen-bond donors (Lipinski definition) is 2. The van der Waals surface area contributed by atoms with Gasteiger partial charge in [-0.3, -0.25) is 4.79 Å². The van der Waals surface area contributed by atoms with Crippen LogP contribution in [0.15, 0.2) is 72.8 Å². The fourth-order valence-electron chi connectivity index (χ4n) is 6.42. The zero-order chi connectivity index (χ0) is 32.3. The van der Waals surface area contributed by atoms with Gasteiger partial charge in [-0.1, -0.05) is 108 Å². The van der Waals surface area contributed by atoms with Gasteiger partial charge in [-0.2, -0.15) is 0 Å². The number of rotatable bonds is 8. The van der Waals surface area contributed by atoms with Crippen LogP contribution in [0.25, 0.3) is 11.1 Å². The average Bonchev–Trinajstić information content (AvgIpc) is 3.53. The van der Waals surface area contributed by atoms with Crippen LogP contribution in [0.4, 0.5) is 0 Å². The number of carbonyl (C=O) groups excluding carboxylic acids is 1. The van der Waals surface area contributed by atoms with Crippen LogP contribution in [0.5, 0.6) is 0 Å². The molecule has 3 aliphatic heterocycles. The number of hydrogen-bond acceptors (Lipinski definition) is 7. The summed E-state index contributed by atoms with van der Waals surface area (Å²) < 4.78 is 23.3. The molecule has 246 valence electrons. The summed E-state index contributed by atoms with van der Waals surface area (Å²) in [5, 5.41) is 12.2. The van der Waals surface area contributed by atoms with Crippen molar-refractivity contribution in [3.05, 3.63) is 95.1 Å². The van der Waals surface area contributed by atoms with Gasteiger partial charge in [0.2, 0.25) is 0 Å². The number of aliphatic hydroxyl groups is 1. The highest BCUT2D eigenvalue weighted by Gasteiger charge is 2.43. The van der Waals surface area contributed by atoms with E-state index in [2.05, 4.69) is 17.1 Å². The van der Waals surface area contributed by atoms with Crippen LogP contribution in [0, 0.1) is 5.92 Å². The second kappa shape index (κ2) is 14.5. The molecule has 3 aromatic rings. The number of alkyl halides is 3. The second-order valence-corrected chi connectivity index (χ2v) is 14.5. The highest BCUT2D eigenvalue weighted by Crippen LogP contribution is 2.43. The van der Waals surface area contributed by atoms with E-state index in [1.54, 1.807) is 0 Å². The van der Waals surface area contributed by atoms with Crippen molar-refractivity contribution >= 4 is 40.7 Å². The first-order valence-electron chi connectivity index (χ1n) is 15.7. The highest BCUT2D eigenvalue weighted by molar-refractivity contribution is 6.76. The van der Waals surface area contributed by atoms with Gasteiger partial charge in [0.15, 0.2) is 12.1 Å². The Labute approximate surface area is 284 Å². The molecule has 4 atom stereocenters. The molecule has 1 amide bonds. The fraction of sp³-hybridized carbons (Fsp3) is 0.457. The maximum atomic E-state index is 12.0. The molecule has 3 fully saturated rings. The van der Waals surface area contributed by atoms with Gasteiger partial charge in [-0.05, 0) is 33.9 Å². The molecule has 0 radical (unpaired) electrons. The van der Waals surface area contributed by atoms with Gasteiger partial charge >= 0.3 is 0 Å². The number of nitrogens with one attached hydrogen (secondary N) is 1. The van der Waals surface area contributed by atoms with Gasteiger partial charge < -0.3 is 34.3 Å². The third-order valence-electron chi connectivity index (χ3n) is 9.15. The summed E-state index contributed by atoms with van der Waals surface area (Å²) in [4.78, 5) is 14.4. The average molecular weight is 690 g/mol. The van der Waals surface area contributed by atoms with E-state index >= 15 is 0 Å². The lowest BCUT2D eigenvalue weighted by Crippen LogP contribution is -2.50. The molecule has 3 aliphatic rings. The minimum Gasteiger partial charge on any atom is -0.392 e. The Kier molecular flexibility index (Phi) is 10.6. The van der Waals surface area contributed by atoms with Crippen LogP contribution in [-0.4, -0.2) is 64.4 Å². The van der Waals surface area contributed by atoms with Crippen molar-refractivity contribution < 1.29 is 28.8 Å². The van der Waals surface area contributed by atoms with Crippen molar-refractivity contribution in [1.82, 2.24) is 10.2 Å². The summed E-state index contributed by atoms with van der Waals surface area (Å²) in [6, 6.07) is 24.0. The van der Waals surface area contributed by atoms with Crippen LogP contribution in [-0.2, 0) is 36.9 Å². The molecule has 3 saturated heterocycles. The molecule has 2 N–H and O–H groups in total. The lowest BCUT2D eigenvalue weighted by Gasteiger charge is -2.44. The van der Waals surface area contributed by atoms with Gasteiger partial charge in [0.25, 0.3) is 9.70 Å². The summed E-state index contributed by atoms with van der Waals surface area (Å²) >= 11 is 17.0. The standard InChI is InChI=1S/C35H39Cl3N2O6/c1-23-30(21-40-15-13-34(14-16-40)43-17-18-44-34)45-32(46-31(23)27-7-5-24(22-41)6-8-27)28-11-9-26(10-12-28)29-4-2-3-25(19-29)20-39-33(42)35(36,37)38/h2-12,19,23,30-32,41H,13-18,20-22H2,1H3,(H,39,42). The molecule has 0 saturated carbocycles. The smallest absolute Gasteiger partial charge is 0.272 e. The summed E-state index contributed by atoms with van der Waals surface area (Å²) in [5.74, 6) is -0.996. The Morgan fingerprint density at radius 1 is 0.913 bits per heavy atom. The molecule has 11 heteroatoms. The Bertz CT molecular complexity index is 1470. The number of piperidine rings is 1. The maximum absolute atomic E-state index is 12.0. The van der Waals surface area contributed by atoms with Gasteiger partial charge in [-0.25, -0.2) is 0 Å². The second-order valence-electron chi connectivity index (χ2n) is 12.2. The van der Waals surface area contributed by atoms with E-state index in [1.807, 2.05) is 72.8 Å². The van der Waals surface area contributed by atoms with E-state index in [0.29, 0.717) is 13.2 Å². The predicted octanol–water partition coefficient (Wildman–Crippen LogP) is 6.46. The number of benzene rings is 3. The lowest BCUT2D eigenvalue weighted by molar-refractivity contribution is -0.278. The van der Waals surface area contributed by atoms with E-state index in [9.17, 15) is 9.90 Å². The lowest BCUT2D eigenvalue weighted by atomic mass is 9.89. The number of amides is 1. The SMILES string of the molecule is CC1C(CN2CCC3(CC2)OCCO3)OC(c2ccc(-c3cccc(CNC(=O)C(Cl)(Cl)Cl)c3)cc2)OC1c1ccc(CO)cc1. The Balaban J connectivity index is 1.18. The van der Waals surface area contributed by atoms with Gasteiger partial charge in [0, 0.05) is 50.5 Å². The quantitative estimate of drug-likeness (QED) is 0.263. The molecule has 0 aliphatic carbocycles. The molecule has 3 heterocycles. The number of aliphatic hydroxyl groups excluding tert-OH is 1. The summed E-state index contributed by atoms with van der Waals surface area (Å²) in [5.41, 5.74) is 5.72. The Hall–Kier alpha value is -2.24. The van der Waals surface area contributed by atoms with E-state index in [-0.39, 0.29) is 31.3 Å². The van der Waals surface area contributed by atoms with Crippen molar-refractivity contribution in [1.29, 1.82) is 0 Å². The van der Waals surface area contributed by atoms with Crippen molar-refractivity contribution in [2.75, 3.05) is 32.8 Å². The topological polar surface area (TPSA) is 89.5 Å². The van der Waals surface area contributed by atoms with Crippen LogP contribution in [0.1, 0.15) is 54.4 Å². The van der Waals surface area contributed by atoms with Crippen LogP contribution in [0.2, 0.25) is 0 Å². The molecular weight excluding hydrogens is 651 g/mol. The summed E-state index contributed by atoms with van der Waals surface area (Å²) in [6.45, 7) is 6.30. The van der Waals surface area contributed by atoms with E-state index in [4.69, 9.17) is 53.8 Å². The molecule has 4 unspecified atom stereocenters. The normalized spacial score (nSPS) is 25.1.